The Labute approximate surface area is 761 Å². The van der Waals surface area contributed by atoms with Crippen LogP contribution in [0.15, 0.2) is 242 Å². The van der Waals surface area contributed by atoms with Gasteiger partial charge in [-0.15, -0.1) is 0 Å². The van der Waals surface area contributed by atoms with E-state index in [-0.39, 0.29) is 24.7 Å². The van der Waals surface area contributed by atoms with E-state index < -0.39 is 32.7 Å². The molecule has 0 fully saturated rings. The normalized spacial score (nSPS) is 13.5. The molecular weight excluding hydrogens is 1580 g/mol. The lowest BCUT2D eigenvalue weighted by Crippen LogP contribution is -2.60. The van der Waals surface area contributed by atoms with Crippen LogP contribution < -0.4 is 39.6 Å². The number of nitrogens with zero attached hydrogens (tertiary/aromatic N) is 8. The summed E-state index contributed by atoms with van der Waals surface area (Å²) in [5, 5.41) is 21.5. The van der Waals surface area contributed by atoms with Crippen molar-refractivity contribution in [3.8, 4) is 0 Å². The van der Waals surface area contributed by atoms with Gasteiger partial charge in [0.2, 0.25) is 0 Å². The van der Waals surface area contributed by atoms with Crippen molar-refractivity contribution in [2.75, 3.05) is 134 Å². The molecule has 0 radical (unpaired) electrons. The Hall–Kier alpha value is -10.3. The fourth-order valence-corrected chi connectivity index (χ4v) is 18.7. The van der Waals surface area contributed by atoms with Crippen LogP contribution >= 0.6 is 0 Å². The highest BCUT2D eigenvalue weighted by Gasteiger charge is 2.50. The molecule has 682 valence electrons. The summed E-state index contributed by atoms with van der Waals surface area (Å²) in [5.41, 5.74) is 22.4. The van der Waals surface area contributed by atoms with Gasteiger partial charge in [0.25, 0.3) is 10.1 Å². The number of aliphatic carboxylic acids is 2. The molecule has 0 aliphatic heterocycles. The second-order valence-electron chi connectivity index (χ2n) is 32.4. The molecule has 6 aromatic rings. The van der Waals surface area contributed by atoms with Crippen molar-refractivity contribution in [2.24, 2.45) is 17.3 Å². The standard InChI is InChI=1S/2C45H59N4.C20H38O7S/c2*1-9-46(10-2)40-28-20-36(21-29-40)44(37-22-30-41(31-23-37)47(11-3)12-4)18-17-19-45(38-24-32-42(33-25-38)48(13-5)14-6)39-26-34-43(35-27-39)49(15-7)16-8;1-5-9-11-15(7-3)13-20(19(23)24,14-16(8-4)12-10-6-2)17(18(21)22)28(25,26)27/h2*17-35H,9-16H2,1-8H3;15-17H,5-14H2,1-4H3,(H,21,22)(H,23,24)(H,25,26,27)/q2*+1;/p-2. The van der Waals surface area contributed by atoms with Crippen LogP contribution in [0.5, 0.6) is 0 Å². The molecule has 2 aliphatic rings. The van der Waals surface area contributed by atoms with Gasteiger partial charge >= 0.3 is 0 Å². The number of allylic oxidation sites excluding steroid dienone is 18. The summed E-state index contributed by atoms with van der Waals surface area (Å²) in [6.07, 6.45) is 37.2. The molecule has 6 aromatic carbocycles. The maximum absolute atomic E-state index is 12.3. The minimum Gasteiger partial charge on any atom is -0.549 e. The number of unbranched alkanes of at least 4 members (excludes halogenated alkanes) is 2. The molecule has 0 saturated carbocycles. The summed E-state index contributed by atoms with van der Waals surface area (Å²) in [6.45, 7) is 59.1. The quantitative estimate of drug-likeness (QED) is 0.0219. The number of carboxylic acid groups (broad SMARTS) is 2. The molecule has 0 spiro atoms. The van der Waals surface area contributed by atoms with Crippen LogP contribution in [0.2, 0.25) is 0 Å². The fraction of sp³-hybridized carbons (Fsp3) is 0.455. The smallest absolute Gasteiger partial charge is 0.274 e. The number of benzene rings is 6. The van der Waals surface area contributed by atoms with E-state index in [1.54, 1.807) is 0 Å². The largest absolute Gasteiger partial charge is 0.549 e. The van der Waals surface area contributed by atoms with Crippen molar-refractivity contribution in [1.82, 2.24) is 0 Å². The Morgan fingerprint density at radius 2 is 0.587 bits per heavy atom. The first kappa shape index (κ1) is 104. The number of carbonyl (C=O) groups excluding carboxylic acids is 2. The first-order chi connectivity index (χ1) is 60.9. The number of hydrogen-bond acceptors (Lipinski definition) is 12. The second-order valence-corrected chi connectivity index (χ2v) is 33.9. The Morgan fingerprint density at radius 3 is 0.770 bits per heavy atom. The van der Waals surface area contributed by atoms with Gasteiger partial charge < -0.3 is 49.2 Å². The van der Waals surface area contributed by atoms with E-state index in [2.05, 4.69) is 380 Å². The van der Waals surface area contributed by atoms with Gasteiger partial charge in [0.1, 0.15) is 31.4 Å². The summed E-state index contributed by atoms with van der Waals surface area (Å²) in [4.78, 5) is 38.4. The Morgan fingerprint density at radius 1 is 0.357 bits per heavy atom. The van der Waals surface area contributed by atoms with Gasteiger partial charge in [-0.3, -0.25) is 4.55 Å². The maximum Gasteiger partial charge on any atom is 0.274 e. The molecule has 15 nitrogen and oxygen atoms in total. The van der Waals surface area contributed by atoms with Crippen LogP contribution in [0, 0.1) is 17.3 Å². The van der Waals surface area contributed by atoms with Crippen LogP contribution in [-0.4, -0.2) is 155 Å². The van der Waals surface area contributed by atoms with E-state index in [0.717, 1.165) is 130 Å². The van der Waals surface area contributed by atoms with Crippen molar-refractivity contribution < 1.29 is 41.9 Å². The topological polar surface area (TPSA) is 160 Å². The lowest BCUT2D eigenvalue weighted by atomic mass is 9.68. The zero-order chi connectivity index (χ0) is 92.3. The van der Waals surface area contributed by atoms with E-state index >= 15 is 0 Å². The molecule has 0 saturated heterocycles. The monoisotopic (exact) mass is 1730 g/mol. The first-order valence-corrected chi connectivity index (χ1v) is 49.1. The van der Waals surface area contributed by atoms with Gasteiger partial charge in [0.05, 0.1) is 5.97 Å². The van der Waals surface area contributed by atoms with Gasteiger partial charge in [-0.2, -0.15) is 8.42 Å². The van der Waals surface area contributed by atoms with E-state index in [4.69, 9.17) is 0 Å². The zero-order valence-electron chi connectivity index (χ0n) is 80.4. The number of anilines is 6. The molecule has 3 atom stereocenters. The number of rotatable bonds is 48. The highest BCUT2D eigenvalue weighted by Crippen LogP contribution is 2.44. The number of carbonyl (C=O) groups is 2. The first-order valence-electron chi connectivity index (χ1n) is 47.6. The van der Waals surface area contributed by atoms with Gasteiger partial charge in [-0.1, -0.05) is 188 Å². The minimum atomic E-state index is -5.20. The Balaban J connectivity index is 0.000000304. The van der Waals surface area contributed by atoms with E-state index in [9.17, 15) is 32.8 Å². The van der Waals surface area contributed by atoms with Gasteiger partial charge in [0, 0.05) is 148 Å². The average molecular weight is 1730 g/mol. The molecule has 16 heteroatoms. The lowest BCUT2D eigenvalue weighted by Gasteiger charge is -2.44. The number of hydrogen-bond donors (Lipinski definition) is 1. The molecule has 1 N–H and O–H groups in total. The SMILES string of the molecule is CCCCC(CC)CC(CC(CC)CCCC)(C(=O)[O-])C(C(=O)[O-])S(=O)(=O)O.CCN(CC)c1ccc(C(=CC=CC(=C2C=CC(=[N+](CC)CC)C=C2)c2ccc(N(CC)CC)cc2)c2ccc(N(CC)CC)cc2)cc1.CCN(CC)c1ccc(C(=CC=CC(=C2C=CC(=[N+](CC)CC)C=C2)c2ccc(N(CC)CC)cc2)c2ccc(N(CC)CC)cc2)cc1. The third-order valence-electron chi connectivity index (χ3n) is 25.3. The van der Waals surface area contributed by atoms with Crippen molar-refractivity contribution in [1.29, 1.82) is 0 Å². The molecule has 0 bridgehead atoms. The van der Waals surface area contributed by atoms with Crippen molar-refractivity contribution >= 4 is 89.9 Å². The van der Waals surface area contributed by atoms with Crippen molar-refractivity contribution in [3.63, 3.8) is 0 Å². The molecule has 2 aliphatic carbocycles. The molecule has 3 unspecified atom stereocenters. The summed E-state index contributed by atoms with van der Waals surface area (Å²) in [5.74, 6) is -4.22. The summed E-state index contributed by atoms with van der Waals surface area (Å²) in [7, 11) is -5.20. The van der Waals surface area contributed by atoms with E-state index in [1.807, 2.05) is 27.7 Å². The fourth-order valence-electron chi connectivity index (χ4n) is 17.6. The molecule has 0 aromatic heterocycles. The summed E-state index contributed by atoms with van der Waals surface area (Å²) in [6, 6.07) is 54.4. The lowest BCUT2D eigenvalue weighted by molar-refractivity contribution is -0.519. The highest BCUT2D eigenvalue weighted by atomic mass is 32.2. The van der Waals surface area contributed by atoms with Crippen LogP contribution in [0.4, 0.5) is 34.1 Å². The van der Waals surface area contributed by atoms with Crippen molar-refractivity contribution in [2.45, 2.75) is 208 Å². The molecule has 0 amide bonds. The molecular formula is C110H154N8O7S. The third kappa shape index (κ3) is 29.4. The summed E-state index contributed by atoms with van der Waals surface area (Å²) >= 11 is 0. The van der Waals surface area contributed by atoms with Gasteiger partial charge in [-0.05, 0) is 299 Å². The highest BCUT2D eigenvalue weighted by molar-refractivity contribution is 7.87. The predicted molar refractivity (Wildman–Crippen MR) is 539 cm³/mol. The molecule has 8 rings (SSSR count). The Bertz CT molecular complexity index is 4390. The molecule has 0 heterocycles. The van der Waals surface area contributed by atoms with Crippen LogP contribution in [-0.2, 0) is 19.7 Å². The Kier molecular flexibility index (Phi) is 45.3. The number of carboxylic acids is 2. The second kappa shape index (κ2) is 54.7. The van der Waals surface area contributed by atoms with Gasteiger partial charge in [-0.25, -0.2) is 9.15 Å². The van der Waals surface area contributed by atoms with Crippen molar-refractivity contribution in [3.05, 3.63) is 275 Å². The zero-order valence-corrected chi connectivity index (χ0v) is 81.3. The van der Waals surface area contributed by atoms with E-state index in [1.165, 1.54) is 112 Å². The van der Waals surface area contributed by atoms with Crippen LogP contribution in [0.3, 0.4) is 0 Å². The molecule has 126 heavy (non-hydrogen) atoms. The van der Waals surface area contributed by atoms with Crippen LogP contribution in [0.25, 0.3) is 22.3 Å². The third-order valence-corrected chi connectivity index (χ3v) is 26.6. The van der Waals surface area contributed by atoms with E-state index in [0.29, 0.717) is 25.7 Å². The van der Waals surface area contributed by atoms with Crippen LogP contribution in [0.1, 0.15) is 236 Å². The predicted octanol–water partition coefficient (Wildman–Crippen LogP) is 22.5. The van der Waals surface area contributed by atoms with Gasteiger partial charge in [0.15, 0.2) is 11.4 Å². The maximum atomic E-state index is 12.3. The minimum absolute atomic E-state index is 0.174. The average Bonchev–Trinajstić information content (AvgIpc) is 0.757. The summed E-state index contributed by atoms with van der Waals surface area (Å²) < 4.78 is 38.3.